The van der Waals surface area contributed by atoms with E-state index in [1.807, 2.05) is 0 Å². The lowest BCUT2D eigenvalue weighted by atomic mass is 9.68. The maximum atomic E-state index is 13.4. The second-order valence-electron chi connectivity index (χ2n) is 7.83. The first-order valence-corrected chi connectivity index (χ1v) is 9.00. The molecule has 11 nitrogen and oxygen atoms in total. The Bertz CT molecular complexity index is 772. The molecule has 0 amide bonds. The molecule has 0 unspecified atom stereocenters. The molecular formula is C15H21F3N6O5. The van der Waals surface area contributed by atoms with Crippen LogP contribution in [0.25, 0.3) is 0 Å². The van der Waals surface area contributed by atoms with Crippen molar-refractivity contribution in [2.45, 2.75) is 55.1 Å². The highest BCUT2D eigenvalue weighted by molar-refractivity contribution is 5.87. The summed E-state index contributed by atoms with van der Waals surface area (Å²) in [5.41, 5.74) is -4.69. The maximum Gasteiger partial charge on any atom is 0.404 e. The average Bonchev–Trinajstić information content (AvgIpc) is 3.01. The standard InChI is InChI=1S/C15H21F3N6O5/c16-15(17,18)12(2-1-3-12)9(26)29-7-4-24-11(20)21-6(5-25)8-13(24,14(7,27)28)23-10(19)22-8/h6-8,25,27-28H,1-5H2,(H2,20,21)(H3,19,22,23)/t6-,7-,8-,13-/m0/s1. The van der Waals surface area contributed by atoms with E-state index in [4.69, 9.17) is 15.6 Å². The zero-order chi connectivity index (χ0) is 21.4. The molecule has 4 atom stereocenters. The highest BCUT2D eigenvalue weighted by atomic mass is 19.4. The maximum absolute atomic E-state index is 13.4. The molecule has 8 N–H and O–H groups in total. The van der Waals surface area contributed by atoms with Crippen LogP contribution >= 0.6 is 0 Å². The normalized spacial score (nSPS) is 36.9. The van der Waals surface area contributed by atoms with Gasteiger partial charge in [0, 0.05) is 0 Å². The lowest BCUT2D eigenvalue weighted by Gasteiger charge is -2.50. The third-order valence-corrected chi connectivity index (χ3v) is 6.43. The Hall–Kier alpha value is -2.32. The number of hydrogen-bond acceptors (Lipinski definition) is 7. The van der Waals surface area contributed by atoms with E-state index in [-0.39, 0.29) is 18.3 Å². The molecule has 0 radical (unpaired) electrons. The van der Waals surface area contributed by atoms with Gasteiger partial charge in [-0.3, -0.25) is 15.6 Å². The van der Waals surface area contributed by atoms with Crippen LogP contribution < -0.4 is 16.0 Å². The van der Waals surface area contributed by atoms with Crippen molar-refractivity contribution in [2.75, 3.05) is 13.2 Å². The minimum absolute atomic E-state index is 0.191. The third-order valence-electron chi connectivity index (χ3n) is 6.43. The number of ether oxygens (including phenoxy) is 1. The predicted molar refractivity (Wildman–Crippen MR) is 88.3 cm³/mol. The number of alkyl halides is 3. The van der Waals surface area contributed by atoms with E-state index >= 15 is 0 Å². The fraction of sp³-hybridized carbons (Fsp3) is 0.800. The molecule has 3 heterocycles. The highest BCUT2D eigenvalue weighted by Gasteiger charge is 2.76. The van der Waals surface area contributed by atoms with Crippen LogP contribution in [-0.2, 0) is 9.53 Å². The first kappa shape index (κ1) is 20.0. The summed E-state index contributed by atoms with van der Waals surface area (Å²) >= 11 is 0. The molecule has 1 saturated carbocycles. The van der Waals surface area contributed by atoms with Crippen molar-refractivity contribution in [3.8, 4) is 0 Å². The molecule has 0 bridgehead atoms. The molecule has 1 spiro atoms. The van der Waals surface area contributed by atoms with Crippen molar-refractivity contribution in [1.82, 2.24) is 20.9 Å². The molecular weight excluding hydrogens is 401 g/mol. The zero-order valence-corrected chi connectivity index (χ0v) is 15.0. The first-order chi connectivity index (χ1) is 13.4. The summed E-state index contributed by atoms with van der Waals surface area (Å²) < 4.78 is 45.3. The summed E-state index contributed by atoms with van der Waals surface area (Å²) in [6.07, 6.45) is -7.38. The van der Waals surface area contributed by atoms with Crippen LogP contribution in [0.2, 0.25) is 0 Å². The van der Waals surface area contributed by atoms with Crippen molar-refractivity contribution in [3.63, 3.8) is 0 Å². The van der Waals surface area contributed by atoms with Crippen LogP contribution in [-0.4, -0.2) is 87.1 Å². The van der Waals surface area contributed by atoms with Gasteiger partial charge in [0.15, 0.2) is 29.1 Å². The van der Waals surface area contributed by atoms with Crippen molar-refractivity contribution >= 4 is 17.9 Å². The first-order valence-electron chi connectivity index (χ1n) is 9.00. The fourth-order valence-electron chi connectivity index (χ4n) is 4.64. The lowest BCUT2D eigenvalue weighted by Crippen LogP contribution is -2.80. The lowest BCUT2D eigenvalue weighted by molar-refractivity contribution is -0.283. The molecule has 29 heavy (non-hydrogen) atoms. The van der Waals surface area contributed by atoms with E-state index in [1.54, 1.807) is 0 Å². The summed E-state index contributed by atoms with van der Waals surface area (Å²) in [7, 11) is 0. The number of carbonyl (C=O) groups excluding carboxylic acids is 1. The summed E-state index contributed by atoms with van der Waals surface area (Å²) in [4.78, 5) is 13.5. The second kappa shape index (κ2) is 5.86. The van der Waals surface area contributed by atoms with Gasteiger partial charge in [0.1, 0.15) is 0 Å². The van der Waals surface area contributed by atoms with Gasteiger partial charge in [-0.05, 0) is 12.8 Å². The van der Waals surface area contributed by atoms with E-state index in [0.717, 1.165) is 4.90 Å². The van der Waals surface area contributed by atoms with Gasteiger partial charge in [0.2, 0.25) is 5.79 Å². The van der Waals surface area contributed by atoms with Crippen molar-refractivity contribution in [1.29, 1.82) is 10.8 Å². The average molecular weight is 422 g/mol. The van der Waals surface area contributed by atoms with Crippen LogP contribution in [0, 0.1) is 16.2 Å². The quantitative estimate of drug-likeness (QED) is 0.184. The smallest absolute Gasteiger partial charge is 0.404 e. The SMILES string of the molecule is N=C1N[C@H]2[C@H](CO)NC(=N)N3C[C@H](OC(=O)C4(C(F)(F)F)CCC4)C(O)(O)[C@]23N1. The predicted octanol–water partition coefficient (Wildman–Crippen LogP) is -2.28. The number of halogens is 3. The third kappa shape index (κ3) is 2.33. The zero-order valence-electron chi connectivity index (χ0n) is 15.0. The minimum atomic E-state index is -4.84. The van der Waals surface area contributed by atoms with Gasteiger partial charge >= 0.3 is 12.1 Å². The van der Waals surface area contributed by atoms with Gasteiger partial charge in [-0.25, -0.2) is 0 Å². The molecule has 1 aliphatic carbocycles. The number of guanidine groups is 2. The molecule has 162 valence electrons. The van der Waals surface area contributed by atoms with E-state index in [9.17, 15) is 33.3 Å². The van der Waals surface area contributed by atoms with Crippen LogP contribution in [0.3, 0.4) is 0 Å². The molecule has 3 aliphatic heterocycles. The summed E-state index contributed by atoms with van der Waals surface area (Å²) in [6, 6.07) is -1.98. The molecule has 4 rings (SSSR count). The fourth-order valence-corrected chi connectivity index (χ4v) is 4.64. The topological polar surface area (TPSA) is 174 Å². The minimum Gasteiger partial charge on any atom is -0.454 e. The molecule has 14 heteroatoms. The monoisotopic (exact) mass is 422 g/mol. The summed E-state index contributed by atoms with van der Waals surface area (Å²) in [5.74, 6) is -5.29. The number of esters is 1. The van der Waals surface area contributed by atoms with Gasteiger partial charge in [-0.15, -0.1) is 0 Å². The Morgan fingerprint density at radius 3 is 2.45 bits per heavy atom. The number of nitrogens with zero attached hydrogens (tertiary/aromatic N) is 1. The second-order valence-corrected chi connectivity index (χ2v) is 7.83. The molecule has 0 aromatic rings. The molecule has 0 aromatic heterocycles. The van der Waals surface area contributed by atoms with Crippen LogP contribution in [0.4, 0.5) is 13.2 Å². The van der Waals surface area contributed by atoms with Gasteiger partial charge in [0.05, 0.1) is 25.2 Å². The number of carbonyl (C=O) groups is 1. The Labute approximate surface area is 162 Å². The number of hydrogen-bond donors (Lipinski definition) is 8. The van der Waals surface area contributed by atoms with Crippen molar-refractivity contribution in [2.24, 2.45) is 5.41 Å². The van der Waals surface area contributed by atoms with E-state index in [1.165, 1.54) is 0 Å². The number of aliphatic hydroxyl groups excluding tert-OH is 1. The van der Waals surface area contributed by atoms with E-state index < -0.39 is 73.2 Å². The van der Waals surface area contributed by atoms with E-state index in [2.05, 4.69) is 16.0 Å². The van der Waals surface area contributed by atoms with Crippen LogP contribution in [0.15, 0.2) is 0 Å². The van der Waals surface area contributed by atoms with Gasteiger partial charge in [-0.2, -0.15) is 13.2 Å². The van der Waals surface area contributed by atoms with Crippen LogP contribution in [0.5, 0.6) is 0 Å². The summed E-state index contributed by atoms with van der Waals surface area (Å²) in [6.45, 7) is -1.04. The largest absolute Gasteiger partial charge is 0.454 e. The Kier molecular flexibility index (Phi) is 4.03. The Balaban J connectivity index is 1.68. The van der Waals surface area contributed by atoms with Gasteiger partial charge < -0.3 is 40.9 Å². The number of nitrogens with one attached hydrogen (secondary N) is 5. The molecule has 4 fully saturated rings. The Morgan fingerprint density at radius 2 is 1.93 bits per heavy atom. The molecule has 4 aliphatic rings. The number of rotatable bonds is 3. The Morgan fingerprint density at radius 1 is 1.28 bits per heavy atom. The van der Waals surface area contributed by atoms with Gasteiger partial charge in [-0.1, -0.05) is 6.42 Å². The van der Waals surface area contributed by atoms with Crippen LogP contribution in [0.1, 0.15) is 19.3 Å². The molecule has 0 aromatic carbocycles. The van der Waals surface area contributed by atoms with Gasteiger partial charge in [0.25, 0.3) is 0 Å². The number of aliphatic hydroxyl groups is 3. The molecule has 3 saturated heterocycles. The summed E-state index contributed by atoms with van der Waals surface area (Å²) in [5, 5.41) is 55.1. The van der Waals surface area contributed by atoms with E-state index in [0.29, 0.717) is 0 Å². The van der Waals surface area contributed by atoms with Crippen molar-refractivity contribution < 1.29 is 38.0 Å². The van der Waals surface area contributed by atoms with Crippen molar-refractivity contribution in [3.05, 3.63) is 0 Å². The highest BCUT2D eigenvalue weighted by Crippen LogP contribution is 2.54.